The van der Waals surface area contributed by atoms with Crippen molar-refractivity contribution in [1.29, 1.82) is 0 Å². The van der Waals surface area contributed by atoms with Gasteiger partial charge in [-0.25, -0.2) is 10.3 Å². The number of aliphatic carboxylic acids is 1. The third-order valence-corrected chi connectivity index (χ3v) is 6.90. The van der Waals surface area contributed by atoms with Crippen LogP contribution in [-0.4, -0.2) is 28.8 Å². The molecule has 2 bridgehead atoms. The van der Waals surface area contributed by atoms with E-state index in [4.69, 9.17) is 15.1 Å². The first kappa shape index (κ1) is 22.1. The number of fused-ring (bicyclic) bond motifs is 2. The fourth-order valence-electron chi connectivity index (χ4n) is 5.56. The van der Waals surface area contributed by atoms with Gasteiger partial charge in [0.15, 0.2) is 6.61 Å². The molecule has 3 N–H and O–H groups in total. The summed E-state index contributed by atoms with van der Waals surface area (Å²) in [6, 6.07) is 13.8. The molecule has 2 saturated carbocycles. The van der Waals surface area contributed by atoms with Crippen molar-refractivity contribution in [2.24, 2.45) is 11.8 Å². The number of ether oxygens (including phenoxy) is 1. The van der Waals surface area contributed by atoms with E-state index >= 15 is 0 Å². The van der Waals surface area contributed by atoms with Gasteiger partial charge < -0.3 is 9.84 Å². The highest BCUT2D eigenvalue weighted by molar-refractivity contribution is 5.85. The predicted octanol–water partition coefficient (Wildman–Crippen LogP) is 4.80. The molecule has 0 aliphatic heterocycles. The Morgan fingerprint density at radius 2 is 1.75 bits per heavy atom. The average Bonchev–Trinajstić information content (AvgIpc) is 3.14. The van der Waals surface area contributed by atoms with E-state index in [2.05, 4.69) is 13.0 Å². The van der Waals surface area contributed by atoms with Crippen LogP contribution in [0.3, 0.4) is 0 Å². The van der Waals surface area contributed by atoms with Gasteiger partial charge >= 0.3 is 5.97 Å². The van der Waals surface area contributed by atoms with E-state index in [0.717, 1.165) is 53.0 Å². The van der Waals surface area contributed by atoms with Crippen LogP contribution in [0.15, 0.2) is 48.5 Å². The van der Waals surface area contributed by atoms with Gasteiger partial charge in [0.1, 0.15) is 5.75 Å². The van der Waals surface area contributed by atoms with E-state index in [-0.39, 0.29) is 12.0 Å². The molecule has 32 heavy (non-hydrogen) atoms. The quantitative estimate of drug-likeness (QED) is 0.330. The number of amides is 1. The molecule has 0 radical (unpaired) electrons. The van der Waals surface area contributed by atoms with Crippen molar-refractivity contribution in [1.82, 2.24) is 5.48 Å². The first-order chi connectivity index (χ1) is 15.4. The van der Waals surface area contributed by atoms with E-state index in [1.54, 1.807) is 11.6 Å². The Morgan fingerprint density at radius 1 is 1.09 bits per heavy atom. The van der Waals surface area contributed by atoms with Gasteiger partial charge in [0.25, 0.3) is 5.91 Å². The van der Waals surface area contributed by atoms with Crippen LogP contribution in [0.5, 0.6) is 5.75 Å². The zero-order valence-corrected chi connectivity index (χ0v) is 18.2. The molecule has 6 nitrogen and oxygen atoms in total. The van der Waals surface area contributed by atoms with Crippen LogP contribution in [0.4, 0.5) is 0 Å². The van der Waals surface area contributed by atoms with Crippen molar-refractivity contribution >= 4 is 18.0 Å². The van der Waals surface area contributed by atoms with E-state index in [9.17, 15) is 9.59 Å². The normalized spacial score (nSPS) is 24.4. The van der Waals surface area contributed by atoms with Crippen LogP contribution < -0.4 is 10.2 Å². The molecule has 0 saturated heterocycles. The van der Waals surface area contributed by atoms with Gasteiger partial charge in [-0.2, -0.15) is 0 Å². The monoisotopic (exact) mass is 435 g/mol. The fourth-order valence-corrected chi connectivity index (χ4v) is 5.56. The van der Waals surface area contributed by atoms with Gasteiger partial charge in [0.2, 0.25) is 0 Å². The molecule has 0 heterocycles. The Bertz CT molecular complexity index is 1020. The van der Waals surface area contributed by atoms with Crippen molar-refractivity contribution in [3.05, 3.63) is 59.7 Å². The maximum atomic E-state index is 11.6. The number of hydrogen-bond acceptors (Lipinski definition) is 4. The lowest BCUT2D eigenvalue weighted by Crippen LogP contribution is -2.32. The van der Waals surface area contributed by atoms with E-state index in [1.165, 1.54) is 19.3 Å². The summed E-state index contributed by atoms with van der Waals surface area (Å²) in [6.45, 7) is 2.06. The molecule has 2 aliphatic carbocycles. The van der Waals surface area contributed by atoms with Gasteiger partial charge in [0.05, 0.1) is 0 Å². The molecule has 168 valence electrons. The number of hydroxylamine groups is 1. The summed E-state index contributed by atoms with van der Waals surface area (Å²) in [6.07, 6.45) is 8.79. The summed E-state index contributed by atoms with van der Waals surface area (Å²) in [7, 11) is 0. The van der Waals surface area contributed by atoms with Gasteiger partial charge in [-0.1, -0.05) is 50.1 Å². The predicted molar refractivity (Wildman–Crippen MR) is 121 cm³/mol. The molecule has 4 rings (SSSR count). The Morgan fingerprint density at radius 3 is 2.38 bits per heavy atom. The Labute approximate surface area is 187 Å². The topological polar surface area (TPSA) is 95.9 Å². The van der Waals surface area contributed by atoms with Crippen molar-refractivity contribution in [3.8, 4) is 16.9 Å². The van der Waals surface area contributed by atoms with Crippen LogP contribution in [0.1, 0.15) is 50.2 Å². The van der Waals surface area contributed by atoms with E-state index in [1.807, 2.05) is 36.4 Å². The lowest BCUT2D eigenvalue weighted by molar-refractivity contribution is -0.132. The van der Waals surface area contributed by atoms with Crippen molar-refractivity contribution in [2.45, 2.75) is 44.4 Å². The molecular weight excluding hydrogens is 406 g/mol. The summed E-state index contributed by atoms with van der Waals surface area (Å²) in [5.41, 5.74) is 5.59. The summed E-state index contributed by atoms with van der Waals surface area (Å²) >= 11 is 0. The number of carbonyl (C=O) groups excluding carboxylic acids is 1. The molecule has 2 aliphatic rings. The minimum Gasteiger partial charge on any atom is -0.483 e. The van der Waals surface area contributed by atoms with Crippen LogP contribution in [0.25, 0.3) is 17.2 Å². The molecule has 1 unspecified atom stereocenters. The summed E-state index contributed by atoms with van der Waals surface area (Å²) in [5.74, 6) is 0.590. The van der Waals surface area contributed by atoms with E-state index < -0.39 is 11.9 Å². The zero-order valence-electron chi connectivity index (χ0n) is 18.2. The largest absolute Gasteiger partial charge is 0.483 e. The minimum absolute atomic E-state index is 0.0325. The third-order valence-electron chi connectivity index (χ3n) is 6.90. The Balaban J connectivity index is 1.67. The second-order valence-electron chi connectivity index (χ2n) is 9.34. The summed E-state index contributed by atoms with van der Waals surface area (Å²) < 4.78 is 5.83. The number of nitrogens with one attached hydrogen (secondary N) is 1. The first-order valence-electron chi connectivity index (χ1n) is 11.1. The van der Waals surface area contributed by atoms with Crippen LogP contribution in [0, 0.1) is 11.8 Å². The lowest BCUT2D eigenvalue weighted by atomic mass is 9.66. The molecule has 2 aromatic rings. The standard InChI is InChI=1S/C26H29NO5/c1-26(14-18-2-3-19(12-18)15-26)22-13-21(9-10-23(22)32-16-24(28)27-31)20-7-4-17(5-8-20)6-11-25(29)30/h4-11,13,18-19,31H,2-3,12,14-16H2,1H3,(H,27,28)(H,29,30)/b11-6+/t18-,19+,26?. The fraction of sp³-hybridized carbons (Fsp3) is 0.385. The van der Waals surface area contributed by atoms with Crippen molar-refractivity contribution < 1.29 is 24.6 Å². The highest BCUT2D eigenvalue weighted by Crippen LogP contribution is 2.53. The van der Waals surface area contributed by atoms with Crippen molar-refractivity contribution in [3.63, 3.8) is 0 Å². The highest BCUT2D eigenvalue weighted by atomic mass is 16.5. The van der Waals surface area contributed by atoms with Crippen molar-refractivity contribution in [2.75, 3.05) is 6.61 Å². The second-order valence-corrected chi connectivity index (χ2v) is 9.34. The molecule has 3 atom stereocenters. The maximum Gasteiger partial charge on any atom is 0.328 e. The van der Waals surface area contributed by atoms with E-state index in [0.29, 0.717) is 5.75 Å². The first-order valence-corrected chi connectivity index (χ1v) is 11.1. The van der Waals surface area contributed by atoms with Gasteiger partial charge in [0, 0.05) is 11.6 Å². The van der Waals surface area contributed by atoms with Crippen LogP contribution >= 0.6 is 0 Å². The molecule has 6 heteroatoms. The SMILES string of the molecule is CC1(c2cc(-c3ccc(/C=C/C(=O)O)cc3)ccc2OCC(=O)NO)C[C@@H]2CC[C@@H](C2)C1. The Kier molecular flexibility index (Phi) is 6.33. The smallest absolute Gasteiger partial charge is 0.328 e. The molecule has 2 aromatic carbocycles. The Hall–Kier alpha value is -3.12. The molecule has 2 fully saturated rings. The number of carboxylic acids is 1. The lowest BCUT2D eigenvalue weighted by Gasteiger charge is -2.39. The molecule has 1 amide bonds. The number of benzene rings is 2. The third kappa shape index (κ3) is 4.86. The summed E-state index contributed by atoms with van der Waals surface area (Å²) in [4.78, 5) is 22.3. The highest BCUT2D eigenvalue weighted by Gasteiger charge is 2.43. The van der Waals surface area contributed by atoms with Gasteiger partial charge in [-0.05, 0) is 71.4 Å². The number of carboxylic acid groups (broad SMARTS) is 1. The van der Waals surface area contributed by atoms with Gasteiger partial charge in [-0.15, -0.1) is 0 Å². The maximum absolute atomic E-state index is 11.6. The number of rotatable bonds is 7. The minimum atomic E-state index is -0.973. The molecule has 0 spiro atoms. The number of hydrogen-bond donors (Lipinski definition) is 3. The summed E-state index contributed by atoms with van der Waals surface area (Å²) in [5, 5.41) is 17.6. The zero-order chi connectivity index (χ0) is 22.7. The van der Waals surface area contributed by atoms with Crippen LogP contribution in [-0.2, 0) is 15.0 Å². The van der Waals surface area contributed by atoms with Crippen LogP contribution in [0.2, 0.25) is 0 Å². The number of carbonyl (C=O) groups is 2. The second kappa shape index (κ2) is 9.17. The van der Waals surface area contributed by atoms with Gasteiger partial charge in [-0.3, -0.25) is 10.0 Å². The molecule has 0 aromatic heterocycles. The average molecular weight is 436 g/mol. The molecular formula is C26H29NO5.